The maximum absolute atomic E-state index is 12.0. The molecule has 0 unspecified atom stereocenters. The quantitative estimate of drug-likeness (QED) is 0.598. The van der Waals surface area contributed by atoms with Gasteiger partial charge in [0.25, 0.3) is 0 Å². The minimum Gasteiger partial charge on any atom is -0.435 e. The van der Waals surface area contributed by atoms with Gasteiger partial charge in [-0.25, -0.2) is 4.79 Å². The molecule has 0 atom stereocenters. The van der Waals surface area contributed by atoms with Crippen LogP contribution in [0.1, 0.15) is 24.8 Å². The Bertz CT molecular complexity index is 434. The van der Waals surface area contributed by atoms with Crippen molar-refractivity contribution in [3.63, 3.8) is 0 Å². The van der Waals surface area contributed by atoms with Gasteiger partial charge in [-0.15, -0.1) is 0 Å². The van der Waals surface area contributed by atoms with Crippen LogP contribution in [0.5, 0.6) is 5.75 Å². The number of benzene rings is 1. The van der Waals surface area contributed by atoms with E-state index in [1.165, 1.54) is 12.1 Å². The van der Waals surface area contributed by atoms with Gasteiger partial charge in [-0.3, -0.25) is 0 Å². The van der Waals surface area contributed by atoms with Crippen LogP contribution in [-0.4, -0.2) is 12.7 Å². The van der Waals surface area contributed by atoms with E-state index in [0.717, 1.165) is 24.8 Å². The number of halogens is 2. The molecular weight excluding hydrogens is 228 g/mol. The molecule has 0 saturated heterocycles. The Kier molecular flexibility index (Phi) is 3.20. The van der Waals surface area contributed by atoms with E-state index in [4.69, 9.17) is 0 Å². The van der Waals surface area contributed by atoms with Crippen molar-refractivity contribution in [1.29, 1.82) is 0 Å². The van der Waals surface area contributed by atoms with E-state index in [1.54, 1.807) is 18.2 Å². The number of carbonyl (C=O) groups excluding carboxylic acids is 1. The van der Waals surface area contributed by atoms with Crippen LogP contribution in [0.25, 0.3) is 0 Å². The van der Waals surface area contributed by atoms with Crippen molar-refractivity contribution in [3.8, 4) is 5.75 Å². The van der Waals surface area contributed by atoms with Gasteiger partial charge in [0, 0.05) is 0 Å². The fourth-order valence-electron chi connectivity index (χ4n) is 2.01. The summed E-state index contributed by atoms with van der Waals surface area (Å²) >= 11 is 0. The normalized spacial score (nSPS) is 17.1. The van der Waals surface area contributed by atoms with Gasteiger partial charge in [0.05, 0.1) is 5.54 Å². The van der Waals surface area contributed by atoms with Crippen molar-refractivity contribution in [2.45, 2.75) is 31.4 Å². The fraction of sp³-hybridized carbons (Fsp3) is 0.417. The SMILES string of the molecule is O=C=NC1(c2ccc(OC(F)F)cc2)CCC1. The molecule has 5 heteroatoms. The highest BCUT2D eigenvalue weighted by atomic mass is 19.3. The molecule has 1 aliphatic rings. The van der Waals surface area contributed by atoms with Crippen LogP contribution in [0.3, 0.4) is 0 Å². The van der Waals surface area contributed by atoms with Crippen molar-refractivity contribution < 1.29 is 18.3 Å². The molecule has 1 aliphatic carbocycles. The minimum atomic E-state index is -2.83. The van der Waals surface area contributed by atoms with Crippen molar-refractivity contribution >= 4 is 6.08 Å². The summed E-state index contributed by atoms with van der Waals surface area (Å²) in [7, 11) is 0. The lowest BCUT2D eigenvalue weighted by Crippen LogP contribution is -2.31. The predicted molar refractivity (Wildman–Crippen MR) is 56.7 cm³/mol. The van der Waals surface area contributed by atoms with Crippen LogP contribution in [0.2, 0.25) is 0 Å². The van der Waals surface area contributed by atoms with Gasteiger partial charge in [0.15, 0.2) is 0 Å². The lowest BCUT2D eigenvalue weighted by Gasteiger charge is -2.37. The number of rotatable bonds is 4. The highest BCUT2D eigenvalue weighted by Gasteiger charge is 2.38. The number of nitrogens with zero attached hydrogens (tertiary/aromatic N) is 1. The number of hydrogen-bond donors (Lipinski definition) is 0. The fourth-order valence-corrected chi connectivity index (χ4v) is 2.01. The molecule has 0 aliphatic heterocycles. The smallest absolute Gasteiger partial charge is 0.387 e. The first kappa shape index (κ1) is 11.7. The Labute approximate surface area is 97.1 Å². The van der Waals surface area contributed by atoms with Crippen molar-refractivity contribution in [2.24, 2.45) is 4.99 Å². The summed E-state index contributed by atoms with van der Waals surface area (Å²) in [5.74, 6) is 0.105. The van der Waals surface area contributed by atoms with Gasteiger partial charge >= 0.3 is 6.61 Å². The number of hydrogen-bond acceptors (Lipinski definition) is 3. The second-order valence-corrected chi connectivity index (χ2v) is 3.99. The summed E-state index contributed by atoms with van der Waals surface area (Å²) in [6.45, 7) is -2.83. The number of aliphatic imine (C=N–C) groups is 1. The predicted octanol–water partition coefficient (Wildman–Crippen LogP) is 3.00. The second kappa shape index (κ2) is 4.63. The molecule has 3 nitrogen and oxygen atoms in total. The maximum atomic E-state index is 12.0. The Morgan fingerprint density at radius 3 is 2.35 bits per heavy atom. The third-order valence-electron chi connectivity index (χ3n) is 3.06. The van der Waals surface area contributed by atoms with Crippen LogP contribution in [0.4, 0.5) is 8.78 Å². The lowest BCUT2D eigenvalue weighted by molar-refractivity contribution is -0.0498. The Morgan fingerprint density at radius 2 is 1.94 bits per heavy atom. The van der Waals surface area contributed by atoms with Crippen LogP contribution >= 0.6 is 0 Å². The van der Waals surface area contributed by atoms with Crippen LogP contribution < -0.4 is 4.74 Å². The standard InChI is InChI=1S/C12H11F2NO2/c13-11(14)17-10-4-2-9(3-5-10)12(15-8-16)6-1-7-12/h2-5,11H,1,6-7H2. The molecule has 90 valence electrons. The van der Waals surface area contributed by atoms with Crippen LogP contribution in [-0.2, 0) is 10.3 Å². The zero-order chi connectivity index (χ0) is 12.3. The molecular formula is C12H11F2NO2. The molecule has 1 aromatic carbocycles. The zero-order valence-electron chi connectivity index (χ0n) is 9.03. The monoisotopic (exact) mass is 239 g/mol. The maximum Gasteiger partial charge on any atom is 0.387 e. The first-order valence-corrected chi connectivity index (χ1v) is 5.31. The van der Waals surface area contributed by atoms with E-state index in [-0.39, 0.29) is 5.75 Å². The van der Waals surface area contributed by atoms with Crippen molar-refractivity contribution in [2.75, 3.05) is 0 Å². The van der Waals surface area contributed by atoms with Crippen molar-refractivity contribution in [1.82, 2.24) is 0 Å². The van der Waals surface area contributed by atoms with Gasteiger partial charge in [-0.1, -0.05) is 12.1 Å². The molecule has 1 fully saturated rings. The third kappa shape index (κ3) is 2.34. The Balaban J connectivity index is 2.19. The summed E-state index contributed by atoms with van der Waals surface area (Å²) in [5.41, 5.74) is 0.346. The van der Waals surface area contributed by atoms with E-state index in [0.29, 0.717) is 0 Å². The molecule has 1 saturated carbocycles. The van der Waals surface area contributed by atoms with Crippen LogP contribution in [0, 0.1) is 0 Å². The topological polar surface area (TPSA) is 38.7 Å². The molecule has 0 radical (unpaired) electrons. The minimum absolute atomic E-state index is 0.105. The summed E-state index contributed by atoms with van der Waals surface area (Å²) in [6.07, 6.45) is 4.16. The van der Waals surface area contributed by atoms with Crippen LogP contribution in [0.15, 0.2) is 29.3 Å². The number of alkyl halides is 2. The molecule has 1 aromatic rings. The summed E-state index contributed by atoms with van der Waals surface area (Å²) < 4.78 is 28.2. The number of ether oxygens (including phenoxy) is 1. The average Bonchev–Trinajstić information content (AvgIpc) is 2.24. The van der Waals surface area contributed by atoms with E-state index < -0.39 is 12.2 Å². The van der Waals surface area contributed by atoms with Crippen molar-refractivity contribution in [3.05, 3.63) is 29.8 Å². The second-order valence-electron chi connectivity index (χ2n) is 3.99. The van der Waals surface area contributed by atoms with E-state index >= 15 is 0 Å². The van der Waals surface area contributed by atoms with Gasteiger partial charge in [-0.05, 0) is 37.0 Å². The molecule has 0 aromatic heterocycles. The van der Waals surface area contributed by atoms with Gasteiger partial charge < -0.3 is 4.74 Å². The highest BCUT2D eigenvalue weighted by molar-refractivity contribution is 5.40. The first-order valence-electron chi connectivity index (χ1n) is 5.31. The van der Waals surface area contributed by atoms with Gasteiger partial charge in [0.1, 0.15) is 5.75 Å². The zero-order valence-corrected chi connectivity index (χ0v) is 9.03. The Morgan fingerprint density at radius 1 is 1.29 bits per heavy atom. The molecule has 2 rings (SSSR count). The molecule has 0 bridgehead atoms. The molecule has 0 spiro atoms. The summed E-state index contributed by atoms with van der Waals surface area (Å²) in [5, 5.41) is 0. The largest absolute Gasteiger partial charge is 0.435 e. The number of isocyanates is 1. The molecule has 17 heavy (non-hydrogen) atoms. The van der Waals surface area contributed by atoms with E-state index in [1.807, 2.05) is 0 Å². The van der Waals surface area contributed by atoms with Gasteiger partial charge in [0.2, 0.25) is 6.08 Å². The third-order valence-corrected chi connectivity index (χ3v) is 3.06. The highest BCUT2D eigenvalue weighted by Crippen LogP contribution is 2.44. The Hall–Kier alpha value is -1.74. The molecule has 0 heterocycles. The summed E-state index contributed by atoms with van der Waals surface area (Å²) in [6, 6.07) is 6.25. The van der Waals surface area contributed by atoms with Gasteiger partial charge in [-0.2, -0.15) is 13.8 Å². The first-order chi connectivity index (χ1) is 8.16. The van der Waals surface area contributed by atoms with E-state index in [9.17, 15) is 13.6 Å². The van der Waals surface area contributed by atoms with E-state index in [2.05, 4.69) is 9.73 Å². The summed E-state index contributed by atoms with van der Waals surface area (Å²) in [4.78, 5) is 14.2. The average molecular weight is 239 g/mol. The molecule has 0 amide bonds. The molecule has 0 N–H and O–H groups in total. The lowest BCUT2D eigenvalue weighted by atomic mass is 9.72.